The lowest BCUT2D eigenvalue weighted by molar-refractivity contribution is 0.164. The Balaban J connectivity index is 2.93. The maximum atomic E-state index is 9.38. The molecule has 0 amide bonds. The molecule has 0 aromatic heterocycles. The minimum absolute atomic E-state index is 0.284. The zero-order chi connectivity index (χ0) is 10.7. The molecule has 0 aliphatic rings. The van der Waals surface area contributed by atoms with Crippen LogP contribution in [0.1, 0.15) is 43.9 Å². The SMILES string of the molecule is CC(C)c1cccc([C@@H](N)[C@H](C)O)c1. The minimum atomic E-state index is -0.502. The van der Waals surface area contributed by atoms with E-state index in [1.165, 1.54) is 5.56 Å². The summed E-state index contributed by atoms with van der Waals surface area (Å²) in [6.07, 6.45) is -0.502. The monoisotopic (exact) mass is 193 g/mol. The Kier molecular flexibility index (Phi) is 3.67. The summed E-state index contributed by atoms with van der Waals surface area (Å²) in [6, 6.07) is 7.83. The molecule has 78 valence electrons. The van der Waals surface area contributed by atoms with Crippen LogP contribution in [-0.4, -0.2) is 11.2 Å². The van der Waals surface area contributed by atoms with Crippen LogP contribution in [-0.2, 0) is 0 Å². The fourth-order valence-corrected chi connectivity index (χ4v) is 1.40. The molecule has 0 saturated heterocycles. The van der Waals surface area contributed by atoms with Crippen LogP contribution in [0, 0.1) is 0 Å². The second-order valence-corrected chi connectivity index (χ2v) is 4.09. The summed E-state index contributed by atoms with van der Waals surface area (Å²) in [5.74, 6) is 0.496. The van der Waals surface area contributed by atoms with Crippen molar-refractivity contribution in [3.05, 3.63) is 35.4 Å². The highest BCUT2D eigenvalue weighted by Gasteiger charge is 2.12. The van der Waals surface area contributed by atoms with Crippen molar-refractivity contribution in [3.63, 3.8) is 0 Å². The molecule has 1 rings (SSSR count). The van der Waals surface area contributed by atoms with Crippen LogP contribution in [0.4, 0.5) is 0 Å². The summed E-state index contributed by atoms with van der Waals surface area (Å²) in [5.41, 5.74) is 8.13. The maximum Gasteiger partial charge on any atom is 0.0704 e. The van der Waals surface area contributed by atoms with E-state index < -0.39 is 6.10 Å². The molecule has 2 atom stereocenters. The van der Waals surface area contributed by atoms with Crippen LogP contribution in [0.5, 0.6) is 0 Å². The predicted octanol–water partition coefficient (Wildman–Crippen LogP) is 2.19. The highest BCUT2D eigenvalue weighted by atomic mass is 16.3. The molecule has 0 radical (unpaired) electrons. The third kappa shape index (κ3) is 2.56. The Labute approximate surface area is 85.8 Å². The number of hydrogen-bond donors (Lipinski definition) is 2. The van der Waals surface area contributed by atoms with E-state index in [2.05, 4.69) is 26.0 Å². The first kappa shape index (κ1) is 11.2. The van der Waals surface area contributed by atoms with Crippen LogP contribution in [0.15, 0.2) is 24.3 Å². The molecule has 0 aliphatic carbocycles. The smallest absolute Gasteiger partial charge is 0.0704 e. The lowest BCUT2D eigenvalue weighted by Gasteiger charge is -2.16. The highest BCUT2D eigenvalue weighted by Crippen LogP contribution is 2.20. The first-order valence-corrected chi connectivity index (χ1v) is 5.06. The molecule has 0 saturated carbocycles. The van der Waals surface area contributed by atoms with Crippen molar-refractivity contribution in [1.82, 2.24) is 0 Å². The molecule has 0 unspecified atom stereocenters. The number of aliphatic hydroxyl groups is 1. The molecular weight excluding hydrogens is 174 g/mol. The normalized spacial score (nSPS) is 15.6. The van der Waals surface area contributed by atoms with Gasteiger partial charge in [-0.2, -0.15) is 0 Å². The summed E-state index contributed by atoms with van der Waals surface area (Å²) < 4.78 is 0. The number of benzene rings is 1. The van der Waals surface area contributed by atoms with Gasteiger partial charge in [0.15, 0.2) is 0 Å². The van der Waals surface area contributed by atoms with Gasteiger partial charge in [-0.3, -0.25) is 0 Å². The van der Waals surface area contributed by atoms with Gasteiger partial charge in [0, 0.05) is 0 Å². The molecule has 14 heavy (non-hydrogen) atoms. The number of nitrogens with two attached hydrogens (primary N) is 1. The molecule has 0 heterocycles. The largest absolute Gasteiger partial charge is 0.391 e. The Hall–Kier alpha value is -0.860. The molecule has 3 N–H and O–H groups in total. The molecule has 1 aromatic rings. The average molecular weight is 193 g/mol. The zero-order valence-corrected chi connectivity index (χ0v) is 9.07. The maximum absolute atomic E-state index is 9.38. The van der Waals surface area contributed by atoms with E-state index in [1.54, 1.807) is 6.92 Å². The van der Waals surface area contributed by atoms with Gasteiger partial charge in [-0.15, -0.1) is 0 Å². The first-order chi connectivity index (χ1) is 6.52. The number of hydrogen-bond acceptors (Lipinski definition) is 2. The molecule has 0 fully saturated rings. The molecule has 2 heteroatoms. The van der Waals surface area contributed by atoms with Gasteiger partial charge < -0.3 is 10.8 Å². The van der Waals surface area contributed by atoms with Gasteiger partial charge in [0.1, 0.15) is 0 Å². The summed E-state index contributed by atoms with van der Waals surface area (Å²) in [4.78, 5) is 0. The predicted molar refractivity (Wildman–Crippen MR) is 59.1 cm³/mol. The van der Waals surface area contributed by atoms with E-state index in [9.17, 15) is 5.11 Å². The quantitative estimate of drug-likeness (QED) is 0.773. The molecule has 0 aliphatic heterocycles. The Bertz CT molecular complexity index is 294. The van der Waals surface area contributed by atoms with Crippen molar-refractivity contribution in [2.75, 3.05) is 0 Å². The first-order valence-electron chi connectivity index (χ1n) is 5.06. The van der Waals surface area contributed by atoms with Gasteiger partial charge in [-0.25, -0.2) is 0 Å². The van der Waals surface area contributed by atoms with Crippen LogP contribution >= 0.6 is 0 Å². The number of rotatable bonds is 3. The second-order valence-electron chi connectivity index (χ2n) is 4.09. The molecule has 1 aromatic carbocycles. The fraction of sp³-hybridized carbons (Fsp3) is 0.500. The molecule has 0 spiro atoms. The van der Waals surface area contributed by atoms with Gasteiger partial charge in [0.2, 0.25) is 0 Å². The zero-order valence-electron chi connectivity index (χ0n) is 9.07. The van der Waals surface area contributed by atoms with E-state index in [4.69, 9.17) is 5.73 Å². The van der Waals surface area contributed by atoms with Crippen molar-refractivity contribution in [1.29, 1.82) is 0 Å². The van der Waals surface area contributed by atoms with E-state index in [1.807, 2.05) is 12.1 Å². The third-order valence-electron chi connectivity index (χ3n) is 2.48. The highest BCUT2D eigenvalue weighted by molar-refractivity contribution is 5.28. The van der Waals surface area contributed by atoms with Gasteiger partial charge in [0.25, 0.3) is 0 Å². The summed E-state index contributed by atoms with van der Waals surface area (Å²) in [7, 11) is 0. The topological polar surface area (TPSA) is 46.2 Å². The molecular formula is C12H19NO. The van der Waals surface area contributed by atoms with Crippen LogP contribution in [0.25, 0.3) is 0 Å². The minimum Gasteiger partial charge on any atom is -0.391 e. The van der Waals surface area contributed by atoms with Gasteiger partial charge in [-0.05, 0) is 24.0 Å². The Morgan fingerprint density at radius 2 is 1.71 bits per heavy atom. The Morgan fingerprint density at radius 3 is 2.21 bits per heavy atom. The van der Waals surface area contributed by atoms with E-state index in [-0.39, 0.29) is 6.04 Å². The molecule has 0 bridgehead atoms. The lowest BCUT2D eigenvalue weighted by atomic mass is 9.96. The van der Waals surface area contributed by atoms with Crippen molar-refractivity contribution in [3.8, 4) is 0 Å². The van der Waals surface area contributed by atoms with Gasteiger partial charge in [0.05, 0.1) is 12.1 Å². The average Bonchev–Trinajstić information content (AvgIpc) is 2.16. The van der Waals surface area contributed by atoms with Crippen molar-refractivity contribution in [2.24, 2.45) is 5.73 Å². The van der Waals surface area contributed by atoms with Crippen LogP contribution < -0.4 is 5.73 Å². The fourth-order valence-electron chi connectivity index (χ4n) is 1.40. The third-order valence-corrected chi connectivity index (χ3v) is 2.48. The standard InChI is InChI=1S/C12H19NO/c1-8(2)10-5-4-6-11(7-10)12(13)9(3)14/h4-9,12,14H,13H2,1-3H3/t9-,12-/m0/s1. The number of aliphatic hydroxyl groups excluding tert-OH is 1. The van der Waals surface area contributed by atoms with E-state index >= 15 is 0 Å². The van der Waals surface area contributed by atoms with Crippen LogP contribution in [0.3, 0.4) is 0 Å². The van der Waals surface area contributed by atoms with E-state index in [0.29, 0.717) is 5.92 Å². The summed E-state index contributed by atoms with van der Waals surface area (Å²) >= 11 is 0. The Morgan fingerprint density at radius 1 is 1.14 bits per heavy atom. The van der Waals surface area contributed by atoms with Gasteiger partial charge >= 0.3 is 0 Å². The summed E-state index contributed by atoms with van der Waals surface area (Å²) in [6.45, 7) is 6.01. The second kappa shape index (κ2) is 4.58. The van der Waals surface area contributed by atoms with Gasteiger partial charge in [-0.1, -0.05) is 38.1 Å². The van der Waals surface area contributed by atoms with Crippen LogP contribution in [0.2, 0.25) is 0 Å². The van der Waals surface area contributed by atoms with E-state index in [0.717, 1.165) is 5.56 Å². The van der Waals surface area contributed by atoms with Crippen molar-refractivity contribution >= 4 is 0 Å². The lowest BCUT2D eigenvalue weighted by Crippen LogP contribution is -2.23. The summed E-state index contributed by atoms with van der Waals surface area (Å²) in [5, 5.41) is 9.38. The molecule has 2 nitrogen and oxygen atoms in total. The van der Waals surface area contributed by atoms with Crippen molar-refractivity contribution in [2.45, 2.75) is 38.8 Å². The van der Waals surface area contributed by atoms with Crippen molar-refractivity contribution < 1.29 is 5.11 Å².